The zero-order chi connectivity index (χ0) is 13.2. The van der Waals surface area contributed by atoms with Crippen molar-refractivity contribution in [1.82, 2.24) is 0 Å². The molecule has 0 aliphatic carbocycles. The first-order valence-corrected chi connectivity index (χ1v) is 7.69. The van der Waals surface area contributed by atoms with Crippen LogP contribution in [0.25, 0.3) is 0 Å². The number of thioether (sulfide) groups is 1. The summed E-state index contributed by atoms with van der Waals surface area (Å²) in [4.78, 5) is 0. The molecule has 18 heavy (non-hydrogen) atoms. The van der Waals surface area contributed by atoms with Gasteiger partial charge in [-0.05, 0) is 43.0 Å². The maximum absolute atomic E-state index is 8.74. The second-order valence-electron chi connectivity index (χ2n) is 4.25. The van der Waals surface area contributed by atoms with Crippen molar-refractivity contribution in [3.8, 4) is 6.07 Å². The van der Waals surface area contributed by atoms with E-state index in [1.807, 2.05) is 17.8 Å². The van der Waals surface area contributed by atoms with E-state index in [1.165, 1.54) is 25.0 Å². The van der Waals surface area contributed by atoms with Crippen LogP contribution in [0.5, 0.6) is 0 Å². The van der Waals surface area contributed by atoms with Crippen molar-refractivity contribution in [2.45, 2.75) is 25.7 Å². The third-order valence-corrected chi connectivity index (χ3v) is 3.47. The number of anilines is 2. The van der Waals surface area contributed by atoms with Crippen LogP contribution in [0.3, 0.4) is 0 Å². The Morgan fingerprint density at radius 3 is 2.72 bits per heavy atom. The minimum absolute atomic E-state index is 0.607. The van der Waals surface area contributed by atoms with Gasteiger partial charge < -0.3 is 11.1 Å². The zero-order valence-electron chi connectivity index (χ0n) is 10.9. The van der Waals surface area contributed by atoms with E-state index >= 15 is 0 Å². The molecule has 0 saturated heterocycles. The summed E-state index contributed by atoms with van der Waals surface area (Å²) in [6, 6.07) is 7.46. The highest BCUT2D eigenvalue weighted by molar-refractivity contribution is 7.98. The number of nitrogens with two attached hydrogens (primary N) is 1. The van der Waals surface area contributed by atoms with E-state index < -0.39 is 0 Å². The van der Waals surface area contributed by atoms with Gasteiger partial charge in [0, 0.05) is 6.54 Å². The van der Waals surface area contributed by atoms with Crippen LogP contribution < -0.4 is 11.1 Å². The van der Waals surface area contributed by atoms with E-state index in [4.69, 9.17) is 11.0 Å². The largest absolute Gasteiger partial charge is 0.397 e. The van der Waals surface area contributed by atoms with Crippen molar-refractivity contribution < 1.29 is 0 Å². The standard InChI is InChI=1S/C14H21N3S/c1-18-9-5-3-2-4-8-17-14-7-6-12(11-15)10-13(14)16/h6-7,10,17H,2-5,8-9,16H2,1H3. The van der Waals surface area contributed by atoms with Crippen LogP contribution in [-0.4, -0.2) is 18.6 Å². The molecule has 0 heterocycles. The Kier molecular flexibility index (Phi) is 7.12. The summed E-state index contributed by atoms with van der Waals surface area (Å²) in [5.41, 5.74) is 8.05. The second-order valence-corrected chi connectivity index (χ2v) is 5.23. The first-order chi connectivity index (χ1) is 8.77. The average Bonchev–Trinajstić information content (AvgIpc) is 2.39. The highest BCUT2D eigenvalue weighted by Crippen LogP contribution is 2.19. The average molecular weight is 263 g/mol. The fourth-order valence-electron chi connectivity index (χ4n) is 1.74. The number of nitrogen functional groups attached to an aromatic ring is 1. The summed E-state index contributed by atoms with van der Waals surface area (Å²) in [7, 11) is 0. The summed E-state index contributed by atoms with van der Waals surface area (Å²) in [6.07, 6.45) is 7.17. The molecule has 0 atom stereocenters. The fourth-order valence-corrected chi connectivity index (χ4v) is 2.23. The number of rotatable bonds is 8. The summed E-state index contributed by atoms with van der Waals surface area (Å²) < 4.78 is 0. The SMILES string of the molecule is CSCCCCCCNc1ccc(C#N)cc1N. The molecular weight excluding hydrogens is 242 g/mol. The third kappa shape index (κ3) is 5.33. The summed E-state index contributed by atoms with van der Waals surface area (Å²) in [6.45, 7) is 0.940. The lowest BCUT2D eigenvalue weighted by atomic mass is 10.1. The molecule has 1 aromatic rings. The van der Waals surface area contributed by atoms with Gasteiger partial charge in [-0.3, -0.25) is 0 Å². The molecule has 98 valence electrons. The minimum atomic E-state index is 0.607. The molecule has 0 aliphatic rings. The summed E-state index contributed by atoms with van der Waals surface area (Å²) in [5, 5.41) is 12.1. The molecule has 0 saturated carbocycles. The van der Waals surface area contributed by atoms with E-state index in [1.54, 1.807) is 12.1 Å². The smallest absolute Gasteiger partial charge is 0.0992 e. The predicted molar refractivity (Wildman–Crippen MR) is 80.9 cm³/mol. The Balaban J connectivity index is 2.21. The maximum atomic E-state index is 8.74. The highest BCUT2D eigenvalue weighted by atomic mass is 32.2. The van der Waals surface area contributed by atoms with E-state index in [0.29, 0.717) is 11.3 Å². The number of nitriles is 1. The summed E-state index contributed by atoms with van der Waals surface area (Å²) in [5.74, 6) is 1.26. The quantitative estimate of drug-likeness (QED) is 0.557. The first-order valence-electron chi connectivity index (χ1n) is 6.30. The third-order valence-electron chi connectivity index (χ3n) is 2.77. The van der Waals surface area contributed by atoms with Gasteiger partial charge in [-0.1, -0.05) is 12.8 Å². The van der Waals surface area contributed by atoms with Gasteiger partial charge in [0.25, 0.3) is 0 Å². The molecule has 0 spiro atoms. The van der Waals surface area contributed by atoms with Crippen molar-refractivity contribution in [2.24, 2.45) is 0 Å². The number of nitrogens with zero attached hydrogens (tertiary/aromatic N) is 1. The number of unbranched alkanes of at least 4 members (excludes halogenated alkanes) is 3. The molecule has 4 heteroatoms. The Hall–Kier alpha value is -1.34. The van der Waals surface area contributed by atoms with Crippen LogP contribution in [0.2, 0.25) is 0 Å². The Morgan fingerprint density at radius 1 is 1.28 bits per heavy atom. The molecule has 0 fully saturated rings. The topological polar surface area (TPSA) is 61.8 Å². The minimum Gasteiger partial charge on any atom is -0.397 e. The number of benzene rings is 1. The molecular formula is C14H21N3S. The van der Waals surface area contributed by atoms with Crippen LogP contribution in [0.4, 0.5) is 11.4 Å². The van der Waals surface area contributed by atoms with Gasteiger partial charge in [0.05, 0.1) is 23.0 Å². The molecule has 3 nitrogen and oxygen atoms in total. The van der Waals surface area contributed by atoms with Crippen molar-refractivity contribution in [3.63, 3.8) is 0 Å². The predicted octanol–water partition coefficient (Wildman–Crippen LogP) is 3.48. The Morgan fingerprint density at radius 2 is 2.06 bits per heavy atom. The van der Waals surface area contributed by atoms with E-state index in [9.17, 15) is 0 Å². The highest BCUT2D eigenvalue weighted by Gasteiger charge is 1.99. The Bertz CT molecular complexity index is 399. The van der Waals surface area contributed by atoms with Crippen molar-refractivity contribution in [3.05, 3.63) is 23.8 Å². The van der Waals surface area contributed by atoms with Crippen LogP contribution in [-0.2, 0) is 0 Å². The molecule has 0 aromatic heterocycles. The molecule has 1 rings (SSSR count). The molecule has 0 amide bonds. The molecule has 0 aliphatic heterocycles. The fraction of sp³-hybridized carbons (Fsp3) is 0.500. The molecule has 1 aromatic carbocycles. The van der Waals surface area contributed by atoms with Gasteiger partial charge in [-0.15, -0.1) is 0 Å². The lowest BCUT2D eigenvalue weighted by Crippen LogP contribution is -2.04. The van der Waals surface area contributed by atoms with Gasteiger partial charge in [0.2, 0.25) is 0 Å². The van der Waals surface area contributed by atoms with E-state index in [0.717, 1.165) is 18.7 Å². The van der Waals surface area contributed by atoms with E-state index in [-0.39, 0.29) is 0 Å². The van der Waals surface area contributed by atoms with Crippen LogP contribution in [0.1, 0.15) is 31.2 Å². The van der Waals surface area contributed by atoms with Gasteiger partial charge >= 0.3 is 0 Å². The van der Waals surface area contributed by atoms with Gasteiger partial charge in [0.1, 0.15) is 0 Å². The number of hydrogen-bond donors (Lipinski definition) is 2. The first kappa shape index (κ1) is 14.7. The van der Waals surface area contributed by atoms with Crippen molar-refractivity contribution in [1.29, 1.82) is 5.26 Å². The van der Waals surface area contributed by atoms with E-state index in [2.05, 4.69) is 17.6 Å². The number of nitrogens with one attached hydrogen (secondary N) is 1. The van der Waals surface area contributed by atoms with Crippen LogP contribution in [0.15, 0.2) is 18.2 Å². The van der Waals surface area contributed by atoms with Gasteiger partial charge in [-0.2, -0.15) is 17.0 Å². The second kappa shape index (κ2) is 8.71. The molecule has 0 radical (unpaired) electrons. The lowest BCUT2D eigenvalue weighted by molar-refractivity contribution is 0.689. The molecule has 0 bridgehead atoms. The van der Waals surface area contributed by atoms with Gasteiger partial charge in [-0.25, -0.2) is 0 Å². The zero-order valence-corrected chi connectivity index (χ0v) is 11.7. The van der Waals surface area contributed by atoms with Crippen molar-refractivity contribution in [2.75, 3.05) is 29.6 Å². The van der Waals surface area contributed by atoms with Gasteiger partial charge in [0.15, 0.2) is 0 Å². The molecule has 3 N–H and O–H groups in total. The maximum Gasteiger partial charge on any atom is 0.0992 e. The summed E-state index contributed by atoms with van der Waals surface area (Å²) >= 11 is 1.91. The monoisotopic (exact) mass is 263 g/mol. The molecule has 0 unspecified atom stereocenters. The number of hydrogen-bond acceptors (Lipinski definition) is 4. The van der Waals surface area contributed by atoms with Crippen LogP contribution >= 0.6 is 11.8 Å². The lowest BCUT2D eigenvalue weighted by Gasteiger charge is -2.09. The normalized spacial score (nSPS) is 10.0. The van der Waals surface area contributed by atoms with Crippen molar-refractivity contribution >= 4 is 23.1 Å². The Labute approximate surface area is 114 Å². The van der Waals surface area contributed by atoms with Crippen LogP contribution in [0, 0.1) is 11.3 Å².